The highest BCUT2D eigenvalue weighted by Gasteiger charge is 2.06. The first-order chi connectivity index (χ1) is 8.81. The van der Waals surface area contributed by atoms with Crippen molar-refractivity contribution in [3.8, 4) is 0 Å². The van der Waals surface area contributed by atoms with E-state index < -0.39 is 0 Å². The van der Waals surface area contributed by atoms with E-state index in [4.69, 9.17) is 4.74 Å². The van der Waals surface area contributed by atoms with E-state index in [2.05, 4.69) is 26.2 Å². The van der Waals surface area contributed by atoms with Crippen LogP contribution in [0, 0.1) is 0 Å². The molecule has 0 radical (unpaired) electrons. The fourth-order valence-electron chi connectivity index (χ4n) is 1.70. The van der Waals surface area contributed by atoms with Gasteiger partial charge >= 0.3 is 0 Å². The summed E-state index contributed by atoms with van der Waals surface area (Å²) in [5, 5.41) is 3.38. The predicted molar refractivity (Wildman–Crippen MR) is 76.4 cm³/mol. The Bertz CT molecular complexity index is 502. The molecule has 0 aliphatic heterocycles. The Balaban J connectivity index is 2.11. The van der Waals surface area contributed by atoms with Gasteiger partial charge < -0.3 is 10.1 Å². The van der Waals surface area contributed by atoms with Gasteiger partial charge in [-0.05, 0) is 24.3 Å². The minimum Gasteiger partial charge on any atom is -0.380 e. The predicted octanol–water partition coefficient (Wildman–Crippen LogP) is 3.60. The van der Waals surface area contributed by atoms with Crippen molar-refractivity contribution in [3.05, 3.63) is 58.3 Å². The molecule has 0 saturated carbocycles. The van der Waals surface area contributed by atoms with Crippen molar-refractivity contribution < 1.29 is 4.74 Å². The van der Waals surface area contributed by atoms with Crippen LogP contribution in [0.2, 0.25) is 0 Å². The number of benzene rings is 1. The molecule has 4 heteroatoms. The second-order valence-corrected chi connectivity index (χ2v) is 4.73. The number of hydrogen-bond acceptors (Lipinski definition) is 3. The van der Waals surface area contributed by atoms with Gasteiger partial charge in [-0.15, -0.1) is 0 Å². The van der Waals surface area contributed by atoms with E-state index in [-0.39, 0.29) is 0 Å². The average Bonchev–Trinajstić information content (AvgIpc) is 2.41. The number of ether oxygens (including phenoxy) is 1. The molecule has 2 aromatic rings. The molecule has 0 spiro atoms. The molecule has 1 N–H and O–H groups in total. The highest BCUT2D eigenvalue weighted by Crippen LogP contribution is 2.25. The van der Waals surface area contributed by atoms with Crippen LogP contribution in [0.3, 0.4) is 0 Å². The van der Waals surface area contributed by atoms with E-state index in [0.29, 0.717) is 13.2 Å². The van der Waals surface area contributed by atoms with Crippen LogP contribution in [0.15, 0.2) is 47.1 Å². The lowest BCUT2D eigenvalue weighted by atomic mass is 10.2. The zero-order valence-electron chi connectivity index (χ0n) is 10.2. The summed E-state index contributed by atoms with van der Waals surface area (Å²) in [6.07, 6.45) is 1.80. The Morgan fingerprint density at radius 2 is 2.11 bits per heavy atom. The largest absolute Gasteiger partial charge is 0.380 e. The van der Waals surface area contributed by atoms with Gasteiger partial charge in [-0.25, -0.2) is 0 Å². The second kappa shape index (κ2) is 6.52. The van der Waals surface area contributed by atoms with Crippen molar-refractivity contribution in [1.29, 1.82) is 0 Å². The monoisotopic (exact) mass is 306 g/mol. The molecule has 0 bridgehead atoms. The van der Waals surface area contributed by atoms with E-state index in [1.54, 1.807) is 13.3 Å². The van der Waals surface area contributed by atoms with E-state index in [1.165, 1.54) is 0 Å². The molecule has 1 aromatic heterocycles. The van der Waals surface area contributed by atoms with Gasteiger partial charge in [0.1, 0.15) is 0 Å². The molecule has 3 nitrogen and oxygen atoms in total. The normalized spacial score (nSPS) is 10.3. The first-order valence-electron chi connectivity index (χ1n) is 5.71. The van der Waals surface area contributed by atoms with Crippen molar-refractivity contribution >= 4 is 21.6 Å². The first kappa shape index (κ1) is 13.1. The van der Waals surface area contributed by atoms with Crippen molar-refractivity contribution in [2.75, 3.05) is 12.4 Å². The van der Waals surface area contributed by atoms with Gasteiger partial charge in [-0.1, -0.05) is 28.1 Å². The number of rotatable bonds is 5. The third-order valence-electron chi connectivity index (χ3n) is 2.59. The van der Waals surface area contributed by atoms with Gasteiger partial charge in [0.25, 0.3) is 0 Å². The van der Waals surface area contributed by atoms with Gasteiger partial charge in [0, 0.05) is 29.0 Å². The Labute approximate surface area is 115 Å². The van der Waals surface area contributed by atoms with Crippen LogP contribution in [0.1, 0.15) is 11.3 Å². The van der Waals surface area contributed by atoms with Gasteiger partial charge in [0.2, 0.25) is 0 Å². The molecule has 1 heterocycles. The van der Waals surface area contributed by atoms with Gasteiger partial charge in [-0.3, -0.25) is 4.98 Å². The maximum atomic E-state index is 5.22. The molecule has 0 fully saturated rings. The van der Waals surface area contributed by atoms with Crippen molar-refractivity contribution in [1.82, 2.24) is 4.98 Å². The third kappa shape index (κ3) is 3.31. The quantitative estimate of drug-likeness (QED) is 0.916. The molecule has 0 saturated heterocycles. The lowest BCUT2D eigenvalue weighted by Gasteiger charge is -2.12. The highest BCUT2D eigenvalue weighted by atomic mass is 79.9. The molecule has 0 amide bonds. The maximum Gasteiger partial charge on any atom is 0.0744 e. The van der Waals surface area contributed by atoms with Crippen LogP contribution in [-0.4, -0.2) is 12.1 Å². The third-order valence-corrected chi connectivity index (χ3v) is 3.34. The minimum absolute atomic E-state index is 0.575. The SMILES string of the molecule is COCc1c(Br)cccc1NCc1ccccn1. The minimum atomic E-state index is 0.575. The summed E-state index contributed by atoms with van der Waals surface area (Å²) < 4.78 is 6.27. The number of nitrogens with one attached hydrogen (secondary N) is 1. The van der Waals surface area contributed by atoms with E-state index in [0.717, 1.165) is 21.4 Å². The summed E-state index contributed by atoms with van der Waals surface area (Å²) in [6.45, 7) is 1.28. The summed E-state index contributed by atoms with van der Waals surface area (Å²) in [7, 11) is 1.70. The van der Waals surface area contributed by atoms with Gasteiger partial charge in [-0.2, -0.15) is 0 Å². The summed E-state index contributed by atoms with van der Waals surface area (Å²) in [5.74, 6) is 0. The maximum absolute atomic E-state index is 5.22. The first-order valence-corrected chi connectivity index (χ1v) is 6.50. The number of pyridine rings is 1. The molecule has 18 heavy (non-hydrogen) atoms. The van der Waals surface area contributed by atoms with Crippen LogP contribution < -0.4 is 5.32 Å². The van der Waals surface area contributed by atoms with Crippen molar-refractivity contribution in [2.24, 2.45) is 0 Å². The fourth-order valence-corrected chi connectivity index (χ4v) is 2.18. The second-order valence-electron chi connectivity index (χ2n) is 3.87. The summed E-state index contributed by atoms with van der Waals surface area (Å²) in [4.78, 5) is 4.29. The van der Waals surface area contributed by atoms with Crippen LogP contribution in [0.5, 0.6) is 0 Å². The number of methoxy groups -OCH3 is 1. The van der Waals surface area contributed by atoms with Crippen LogP contribution >= 0.6 is 15.9 Å². The highest BCUT2D eigenvalue weighted by molar-refractivity contribution is 9.10. The smallest absolute Gasteiger partial charge is 0.0744 e. The molecule has 0 unspecified atom stereocenters. The topological polar surface area (TPSA) is 34.1 Å². The zero-order valence-corrected chi connectivity index (χ0v) is 11.8. The molecular formula is C14H15BrN2O. The summed E-state index contributed by atoms with van der Waals surface area (Å²) in [5.41, 5.74) is 3.20. The lowest BCUT2D eigenvalue weighted by Crippen LogP contribution is -2.04. The average molecular weight is 307 g/mol. The van der Waals surface area contributed by atoms with Crippen LogP contribution in [-0.2, 0) is 17.9 Å². The summed E-state index contributed by atoms with van der Waals surface area (Å²) >= 11 is 3.54. The Hall–Kier alpha value is -1.39. The zero-order chi connectivity index (χ0) is 12.8. The van der Waals surface area contributed by atoms with E-state index in [9.17, 15) is 0 Å². The number of hydrogen-bond donors (Lipinski definition) is 1. The number of anilines is 1. The molecule has 2 rings (SSSR count). The molecule has 0 aliphatic rings. The van der Waals surface area contributed by atoms with Gasteiger partial charge in [0.15, 0.2) is 0 Å². The molecule has 0 atom stereocenters. The Kier molecular flexibility index (Phi) is 4.73. The van der Waals surface area contributed by atoms with Crippen molar-refractivity contribution in [2.45, 2.75) is 13.2 Å². The fraction of sp³-hybridized carbons (Fsp3) is 0.214. The number of halogens is 1. The summed E-state index contributed by atoms with van der Waals surface area (Å²) in [6, 6.07) is 12.0. The van der Waals surface area contributed by atoms with E-state index >= 15 is 0 Å². The number of nitrogens with zero attached hydrogens (tertiary/aromatic N) is 1. The standard InChI is InChI=1S/C14H15BrN2O/c1-18-10-12-13(15)6-4-7-14(12)17-9-11-5-2-3-8-16-11/h2-8,17H,9-10H2,1H3. The van der Waals surface area contributed by atoms with Crippen LogP contribution in [0.4, 0.5) is 5.69 Å². The van der Waals surface area contributed by atoms with Gasteiger partial charge in [0.05, 0.1) is 18.8 Å². The van der Waals surface area contributed by atoms with Crippen molar-refractivity contribution in [3.63, 3.8) is 0 Å². The number of aromatic nitrogens is 1. The van der Waals surface area contributed by atoms with Crippen LogP contribution in [0.25, 0.3) is 0 Å². The molecule has 1 aromatic carbocycles. The molecular weight excluding hydrogens is 292 g/mol. The molecule has 0 aliphatic carbocycles. The Morgan fingerprint density at radius 1 is 1.22 bits per heavy atom. The lowest BCUT2D eigenvalue weighted by molar-refractivity contribution is 0.185. The van der Waals surface area contributed by atoms with E-state index in [1.807, 2.05) is 36.4 Å². The Morgan fingerprint density at radius 3 is 2.83 bits per heavy atom. The molecule has 94 valence electrons.